The summed E-state index contributed by atoms with van der Waals surface area (Å²) in [6, 6.07) is 18.1. The molecule has 0 saturated heterocycles. The van der Waals surface area contributed by atoms with Crippen LogP contribution in [0.4, 0.5) is 0 Å². The monoisotopic (exact) mass is 347 g/mol. The van der Waals surface area contributed by atoms with E-state index in [1.165, 1.54) is 5.52 Å². The van der Waals surface area contributed by atoms with E-state index >= 15 is 0 Å². The number of aromatic nitrogens is 2. The summed E-state index contributed by atoms with van der Waals surface area (Å²) in [6.45, 7) is 0.709. The highest BCUT2D eigenvalue weighted by Gasteiger charge is 2.06. The van der Waals surface area contributed by atoms with Gasteiger partial charge in [-0.05, 0) is 36.6 Å². The van der Waals surface area contributed by atoms with Gasteiger partial charge < -0.3 is 9.88 Å². The first-order chi connectivity index (χ1) is 12.7. The van der Waals surface area contributed by atoms with Crippen LogP contribution in [-0.2, 0) is 18.3 Å². The number of para-hydroxylation sites is 2. The Balaban J connectivity index is 1.34. The highest BCUT2D eigenvalue weighted by atomic mass is 16.1. The molecule has 0 fully saturated rings. The first-order valence-electron chi connectivity index (χ1n) is 9.15. The summed E-state index contributed by atoms with van der Waals surface area (Å²) in [7, 11) is 2.07. The van der Waals surface area contributed by atoms with Gasteiger partial charge >= 0.3 is 0 Å². The molecule has 0 aliphatic carbocycles. The maximum atomic E-state index is 11.8. The molecule has 3 rings (SSSR count). The van der Waals surface area contributed by atoms with Crippen LogP contribution in [0, 0.1) is 0 Å². The van der Waals surface area contributed by atoms with Gasteiger partial charge in [0.25, 0.3) is 0 Å². The molecule has 1 N–H and O–H groups in total. The molecule has 2 aromatic carbocycles. The number of rotatable bonds is 8. The van der Waals surface area contributed by atoms with Crippen molar-refractivity contribution >= 4 is 23.0 Å². The van der Waals surface area contributed by atoms with Crippen LogP contribution in [0.2, 0.25) is 0 Å². The Morgan fingerprint density at radius 2 is 1.81 bits per heavy atom. The Morgan fingerprint density at radius 1 is 1.04 bits per heavy atom. The topological polar surface area (TPSA) is 46.9 Å². The molecule has 134 valence electrons. The van der Waals surface area contributed by atoms with E-state index in [9.17, 15) is 4.79 Å². The first-order valence-corrected chi connectivity index (χ1v) is 9.15. The molecule has 0 atom stereocenters. The van der Waals surface area contributed by atoms with E-state index in [0.717, 1.165) is 42.6 Å². The minimum atomic E-state index is -0.0378. The van der Waals surface area contributed by atoms with E-state index < -0.39 is 0 Å². The average molecular weight is 347 g/mol. The fourth-order valence-electron chi connectivity index (χ4n) is 3.01. The molecular formula is C22H25N3O. The van der Waals surface area contributed by atoms with Gasteiger partial charge in [0.1, 0.15) is 5.82 Å². The Bertz CT molecular complexity index is 881. The van der Waals surface area contributed by atoms with Crippen LogP contribution in [0.5, 0.6) is 0 Å². The summed E-state index contributed by atoms with van der Waals surface area (Å²) >= 11 is 0. The normalized spacial score (nSPS) is 11.3. The number of aryl methyl sites for hydroxylation is 2. The molecule has 4 heteroatoms. The van der Waals surface area contributed by atoms with Gasteiger partial charge in [0.2, 0.25) is 5.91 Å². The molecule has 26 heavy (non-hydrogen) atoms. The predicted molar refractivity (Wildman–Crippen MR) is 107 cm³/mol. The lowest BCUT2D eigenvalue weighted by atomic mass is 10.2. The number of benzene rings is 2. The zero-order chi connectivity index (χ0) is 18.2. The van der Waals surface area contributed by atoms with Crippen molar-refractivity contribution in [3.63, 3.8) is 0 Å². The van der Waals surface area contributed by atoms with Gasteiger partial charge in [0, 0.05) is 26.1 Å². The summed E-state index contributed by atoms with van der Waals surface area (Å²) < 4.78 is 2.17. The van der Waals surface area contributed by atoms with Crippen molar-refractivity contribution in [3.8, 4) is 0 Å². The third-order valence-corrected chi connectivity index (χ3v) is 4.48. The quantitative estimate of drug-likeness (QED) is 0.492. The predicted octanol–water partition coefficient (Wildman–Crippen LogP) is 4.12. The third-order valence-electron chi connectivity index (χ3n) is 4.48. The highest BCUT2D eigenvalue weighted by molar-refractivity contribution is 5.91. The van der Waals surface area contributed by atoms with Crippen LogP contribution in [0.1, 0.15) is 30.7 Å². The molecular weight excluding hydrogens is 322 g/mol. The van der Waals surface area contributed by atoms with Crippen LogP contribution in [0.25, 0.3) is 17.1 Å². The maximum Gasteiger partial charge on any atom is 0.243 e. The van der Waals surface area contributed by atoms with E-state index in [-0.39, 0.29) is 5.91 Å². The maximum absolute atomic E-state index is 11.8. The lowest BCUT2D eigenvalue weighted by Gasteiger charge is -2.04. The van der Waals surface area contributed by atoms with Crippen LogP contribution in [-0.4, -0.2) is 22.0 Å². The second kappa shape index (κ2) is 8.99. The molecule has 0 unspecified atom stereocenters. The Hall–Kier alpha value is -2.88. The van der Waals surface area contributed by atoms with Gasteiger partial charge in [-0.2, -0.15) is 0 Å². The van der Waals surface area contributed by atoms with Crippen LogP contribution in [0.3, 0.4) is 0 Å². The number of hydrogen-bond acceptors (Lipinski definition) is 2. The Labute approximate surface area is 154 Å². The molecule has 0 radical (unpaired) electrons. The van der Waals surface area contributed by atoms with Gasteiger partial charge in [0.05, 0.1) is 11.0 Å². The summed E-state index contributed by atoms with van der Waals surface area (Å²) in [5.41, 5.74) is 3.27. The zero-order valence-electron chi connectivity index (χ0n) is 15.2. The standard InChI is InChI=1S/C22H25N3O/c1-25-20-13-8-7-12-19(20)24-21(25)14-6-3-9-17-23-22(26)16-15-18-10-4-2-5-11-18/h2,4-5,7-8,10-13,15-16H,3,6,9,14,17H2,1H3,(H,23,26)/b16-15+. The van der Waals surface area contributed by atoms with Gasteiger partial charge in [-0.3, -0.25) is 4.79 Å². The minimum Gasteiger partial charge on any atom is -0.353 e. The zero-order valence-corrected chi connectivity index (χ0v) is 15.2. The van der Waals surface area contributed by atoms with Crippen molar-refractivity contribution in [2.75, 3.05) is 6.54 Å². The number of nitrogens with one attached hydrogen (secondary N) is 1. The Morgan fingerprint density at radius 3 is 2.62 bits per heavy atom. The SMILES string of the molecule is Cn1c(CCCCCNC(=O)/C=C/c2ccccc2)nc2ccccc21. The summed E-state index contributed by atoms with van der Waals surface area (Å²) in [5, 5.41) is 2.94. The fourth-order valence-corrected chi connectivity index (χ4v) is 3.01. The number of unbranched alkanes of at least 4 members (excludes halogenated alkanes) is 2. The minimum absolute atomic E-state index is 0.0378. The van der Waals surface area contributed by atoms with E-state index in [1.807, 2.05) is 48.5 Å². The van der Waals surface area contributed by atoms with E-state index in [1.54, 1.807) is 6.08 Å². The number of nitrogens with zero attached hydrogens (tertiary/aromatic N) is 2. The summed E-state index contributed by atoms with van der Waals surface area (Å²) in [5.74, 6) is 1.09. The number of imidazole rings is 1. The number of fused-ring (bicyclic) bond motifs is 1. The van der Waals surface area contributed by atoms with E-state index in [4.69, 9.17) is 4.98 Å². The highest BCUT2D eigenvalue weighted by Crippen LogP contribution is 2.15. The van der Waals surface area contributed by atoms with Crippen molar-refractivity contribution in [2.45, 2.75) is 25.7 Å². The van der Waals surface area contributed by atoms with Gasteiger partial charge in [0.15, 0.2) is 0 Å². The molecule has 1 aromatic heterocycles. The third kappa shape index (κ3) is 4.82. The van der Waals surface area contributed by atoms with E-state index in [0.29, 0.717) is 6.54 Å². The molecule has 0 aliphatic heterocycles. The van der Waals surface area contributed by atoms with Crippen LogP contribution >= 0.6 is 0 Å². The van der Waals surface area contributed by atoms with Crippen molar-refractivity contribution in [3.05, 3.63) is 72.1 Å². The smallest absolute Gasteiger partial charge is 0.243 e. The van der Waals surface area contributed by atoms with Crippen molar-refractivity contribution < 1.29 is 4.79 Å². The Kier molecular flexibility index (Phi) is 6.20. The van der Waals surface area contributed by atoms with Gasteiger partial charge in [-0.25, -0.2) is 4.98 Å². The lowest BCUT2D eigenvalue weighted by Crippen LogP contribution is -2.22. The molecule has 0 saturated carbocycles. The van der Waals surface area contributed by atoms with Crippen LogP contribution < -0.4 is 5.32 Å². The van der Waals surface area contributed by atoms with Crippen molar-refractivity contribution in [2.24, 2.45) is 7.05 Å². The number of amides is 1. The fraction of sp³-hybridized carbons (Fsp3) is 0.273. The molecule has 4 nitrogen and oxygen atoms in total. The largest absolute Gasteiger partial charge is 0.353 e. The summed E-state index contributed by atoms with van der Waals surface area (Å²) in [4.78, 5) is 16.5. The number of carbonyl (C=O) groups excluding carboxylic acids is 1. The first kappa shape index (κ1) is 17.9. The molecule has 1 amide bonds. The average Bonchev–Trinajstić information content (AvgIpc) is 3.00. The van der Waals surface area contributed by atoms with E-state index in [2.05, 4.69) is 29.1 Å². The molecule has 0 bridgehead atoms. The molecule has 0 spiro atoms. The molecule has 3 aromatic rings. The van der Waals surface area contributed by atoms with Gasteiger partial charge in [-0.15, -0.1) is 0 Å². The van der Waals surface area contributed by atoms with Crippen molar-refractivity contribution in [1.82, 2.24) is 14.9 Å². The summed E-state index contributed by atoms with van der Waals surface area (Å²) in [6.07, 6.45) is 7.52. The second-order valence-corrected chi connectivity index (χ2v) is 6.42. The second-order valence-electron chi connectivity index (χ2n) is 6.42. The number of carbonyl (C=O) groups is 1. The lowest BCUT2D eigenvalue weighted by molar-refractivity contribution is -0.116. The number of hydrogen-bond donors (Lipinski definition) is 1. The molecule has 1 heterocycles. The molecule has 0 aliphatic rings. The van der Waals surface area contributed by atoms with Gasteiger partial charge in [-0.1, -0.05) is 48.9 Å². The van der Waals surface area contributed by atoms with Crippen LogP contribution in [0.15, 0.2) is 60.7 Å². The van der Waals surface area contributed by atoms with Crippen molar-refractivity contribution in [1.29, 1.82) is 0 Å².